The van der Waals surface area contributed by atoms with Crippen LogP contribution in [0.2, 0.25) is 5.02 Å². The van der Waals surface area contributed by atoms with Crippen molar-refractivity contribution in [3.05, 3.63) is 109 Å². The van der Waals surface area contributed by atoms with E-state index in [1.807, 2.05) is 0 Å². The molecule has 0 bridgehead atoms. The highest BCUT2D eigenvalue weighted by Gasteiger charge is 2.33. The van der Waals surface area contributed by atoms with Gasteiger partial charge in [0, 0.05) is 39.8 Å². The van der Waals surface area contributed by atoms with Crippen LogP contribution in [0.3, 0.4) is 0 Å². The third-order valence-corrected chi connectivity index (χ3v) is 6.04. The van der Waals surface area contributed by atoms with Crippen LogP contribution in [0.15, 0.2) is 69.9 Å². The highest BCUT2D eigenvalue weighted by Crippen LogP contribution is 2.34. The molecule has 7 nitrogen and oxygen atoms in total. The van der Waals surface area contributed by atoms with Gasteiger partial charge in [0.2, 0.25) is 0 Å². The minimum Gasteiger partial charge on any atom is -0.497 e. The lowest BCUT2D eigenvalue weighted by molar-refractivity contribution is 0.0473. The molecule has 1 aliphatic rings. The maximum Gasteiger partial charge on any atom is 0.340 e. The smallest absolute Gasteiger partial charge is 0.340 e. The Hall–Kier alpha value is -4.23. The third-order valence-electron chi connectivity index (χ3n) is 5.65. The zero-order valence-corrected chi connectivity index (χ0v) is 18.5. The second-order valence-corrected chi connectivity index (χ2v) is 7.96. The third kappa shape index (κ3) is 3.47. The number of rotatable bonds is 4. The van der Waals surface area contributed by atoms with E-state index in [2.05, 4.69) is 0 Å². The summed E-state index contributed by atoms with van der Waals surface area (Å²) in [5, 5.41) is 0.416. The molecule has 0 saturated heterocycles. The van der Waals surface area contributed by atoms with Gasteiger partial charge in [-0.3, -0.25) is 9.59 Å². The summed E-state index contributed by atoms with van der Waals surface area (Å²) in [6.07, 6.45) is 0. The summed E-state index contributed by atoms with van der Waals surface area (Å²) < 4.78 is 15.7. The molecule has 0 unspecified atom stereocenters. The van der Waals surface area contributed by atoms with Crippen LogP contribution in [0.25, 0.3) is 11.0 Å². The average Bonchev–Trinajstić information content (AvgIpc) is 2.84. The number of methoxy groups -OCH3 is 1. The van der Waals surface area contributed by atoms with E-state index in [0.717, 1.165) is 0 Å². The van der Waals surface area contributed by atoms with Gasteiger partial charge in [0.05, 0.1) is 23.3 Å². The van der Waals surface area contributed by atoms with Gasteiger partial charge >= 0.3 is 11.6 Å². The Morgan fingerprint density at radius 1 is 0.912 bits per heavy atom. The van der Waals surface area contributed by atoms with Crippen molar-refractivity contribution in [2.45, 2.75) is 6.61 Å². The number of ketones is 2. The number of hydrogen-bond donors (Lipinski definition) is 0. The van der Waals surface area contributed by atoms with E-state index >= 15 is 0 Å². The first kappa shape index (κ1) is 21.6. The van der Waals surface area contributed by atoms with Crippen LogP contribution in [-0.2, 0) is 11.3 Å². The van der Waals surface area contributed by atoms with Crippen LogP contribution in [0.1, 0.15) is 47.8 Å². The molecule has 0 fully saturated rings. The molecule has 0 saturated carbocycles. The van der Waals surface area contributed by atoms with Crippen LogP contribution in [0, 0.1) is 0 Å². The largest absolute Gasteiger partial charge is 0.497 e. The number of hydrogen-bond acceptors (Lipinski definition) is 7. The van der Waals surface area contributed by atoms with Crippen LogP contribution in [0.5, 0.6) is 5.75 Å². The molecule has 8 heteroatoms. The van der Waals surface area contributed by atoms with Gasteiger partial charge < -0.3 is 13.9 Å². The summed E-state index contributed by atoms with van der Waals surface area (Å²) in [5.41, 5.74) is 0.659. The highest BCUT2D eigenvalue weighted by atomic mass is 35.5. The molecule has 1 aliphatic carbocycles. The number of ether oxygens (including phenoxy) is 2. The van der Waals surface area contributed by atoms with Crippen molar-refractivity contribution in [1.29, 1.82) is 0 Å². The second-order valence-electron chi connectivity index (χ2n) is 7.58. The fourth-order valence-electron chi connectivity index (χ4n) is 3.98. The van der Waals surface area contributed by atoms with Gasteiger partial charge in [-0.15, -0.1) is 0 Å². The number of carbonyl (C=O) groups is 3. The van der Waals surface area contributed by atoms with Gasteiger partial charge in [0.25, 0.3) is 0 Å². The van der Waals surface area contributed by atoms with E-state index in [0.29, 0.717) is 16.7 Å². The molecule has 0 N–H and O–H groups in total. The Kier molecular flexibility index (Phi) is 5.26. The Morgan fingerprint density at radius 3 is 2.38 bits per heavy atom. The molecule has 4 aromatic rings. The minimum absolute atomic E-state index is 0.0299. The van der Waals surface area contributed by atoms with Crippen molar-refractivity contribution in [2.24, 2.45) is 0 Å². The Bertz CT molecular complexity index is 1580. The quantitative estimate of drug-likeness (QED) is 0.277. The molecule has 3 aromatic carbocycles. The van der Waals surface area contributed by atoms with E-state index < -0.39 is 17.4 Å². The highest BCUT2D eigenvalue weighted by molar-refractivity contribution is 6.41. The van der Waals surface area contributed by atoms with Crippen LogP contribution < -0.4 is 10.4 Å². The van der Waals surface area contributed by atoms with E-state index in [4.69, 9.17) is 25.5 Å². The van der Waals surface area contributed by atoms with Crippen molar-refractivity contribution in [2.75, 3.05) is 7.11 Å². The fraction of sp³-hybridized carbons (Fsp3) is 0.0769. The molecule has 0 amide bonds. The predicted octanol–water partition coefficient (Wildman–Crippen LogP) is 4.59. The van der Waals surface area contributed by atoms with E-state index in [1.54, 1.807) is 42.5 Å². The molecule has 0 aliphatic heterocycles. The number of fused-ring (bicyclic) bond motifs is 3. The summed E-state index contributed by atoms with van der Waals surface area (Å²) in [6, 6.07) is 15.4. The molecule has 0 spiro atoms. The molecule has 5 rings (SSSR count). The summed E-state index contributed by atoms with van der Waals surface area (Å²) in [5.74, 6) is -1.08. The van der Waals surface area contributed by atoms with Crippen molar-refractivity contribution >= 4 is 40.1 Å². The lowest BCUT2D eigenvalue weighted by Gasteiger charge is -2.19. The molecule has 1 heterocycles. The average molecular weight is 475 g/mol. The first-order valence-corrected chi connectivity index (χ1v) is 10.6. The molecular weight excluding hydrogens is 460 g/mol. The second kappa shape index (κ2) is 8.28. The predicted molar refractivity (Wildman–Crippen MR) is 123 cm³/mol. The normalized spacial score (nSPS) is 12.3. The molecule has 0 atom stereocenters. The van der Waals surface area contributed by atoms with Crippen molar-refractivity contribution in [1.82, 2.24) is 0 Å². The SMILES string of the molecule is COc1ccc2c(COC(=O)c3ccc4c(c3Cl)C(=O)c3ccccc3C4=O)cc(=O)oc2c1. The first-order valence-electron chi connectivity index (χ1n) is 10.2. The molecule has 168 valence electrons. The van der Waals surface area contributed by atoms with E-state index in [-0.39, 0.29) is 50.8 Å². The number of halogens is 1. The zero-order chi connectivity index (χ0) is 24.0. The van der Waals surface area contributed by atoms with Gasteiger partial charge in [0.15, 0.2) is 11.6 Å². The number of esters is 1. The van der Waals surface area contributed by atoms with Gasteiger partial charge in [0.1, 0.15) is 17.9 Å². The Balaban J connectivity index is 1.47. The monoisotopic (exact) mass is 474 g/mol. The van der Waals surface area contributed by atoms with Crippen molar-refractivity contribution in [3.63, 3.8) is 0 Å². The molecule has 34 heavy (non-hydrogen) atoms. The summed E-state index contributed by atoms with van der Waals surface area (Å²) in [7, 11) is 1.49. The van der Waals surface area contributed by atoms with Gasteiger partial charge in [-0.1, -0.05) is 35.9 Å². The zero-order valence-electron chi connectivity index (χ0n) is 17.7. The van der Waals surface area contributed by atoms with Crippen LogP contribution in [-0.4, -0.2) is 24.6 Å². The molecule has 0 radical (unpaired) electrons. The van der Waals surface area contributed by atoms with Gasteiger partial charge in [-0.05, 0) is 24.3 Å². The minimum atomic E-state index is -0.804. The fourth-order valence-corrected chi connectivity index (χ4v) is 4.31. The lowest BCUT2D eigenvalue weighted by atomic mass is 9.83. The molecule has 1 aromatic heterocycles. The molecular formula is C26H15ClO7. The van der Waals surface area contributed by atoms with Crippen LogP contribution in [0.4, 0.5) is 0 Å². The van der Waals surface area contributed by atoms with Gasteiger partial charge in [-0.2, -0.15) is 0 Å². The van der Waals surface area contributed by atoms with Crippen molar-refractivity contribution < 1.29 is 28.3 Å². The van der Waals surface area contributed by atoms with E-state index in [1.165, 1.54) is 25.3 Å². The van der Waals surface area contributed by atoms with Gasteiger partial charge in [-0.25, -0.2) is 9.59 Å². The number of carbonyl (C=O) groups excluding carboxylic acids is 3. The Morgan fingerprint density at radius 2 is 1.65 bits per heavy atom. The Labute approximate surface area is 197 Å². The van der Waals surface area contributed by atoms with E-state index in [9.17, 15) is 19.2 Å². The number of benzene rings is 3. The van der Waals surface area contributed by atoms with Crippen LogP contribution >= 0.6 is 11.6 Å². The maximum absolute atomic E-state index is 13.0. The van der Waals surface area contributed by atoms with Crippen molar-refractivity contribution in [3.8, 4) is 5.75 Å². The summed E-state index contributed by atoms with van der Waals surface area (Å²) >= 11 is 6.43. The summed E-state index contributed by atoms with van der Waals surface area (Å²) in [6.45, 7) is -0.240. The lowest BCUT2D eigenvalue weighted by Crippen LogP contribution is -2.22. The topological polar surface area (TPSA) is 99.9 Å². The maximum atomic E-state index is 13.0. The summed E-state index contributed by atoms with van der Waals surface area (Å²) in [4.78, 5) is 50.7. The first-order chi connectivity index (χ1) is 16.4. The standard InChI is InChI=1S/C26H15ClO7/c1-32-14-6-7-15-13(10-21(28)34-20(15)11-14)12-33-26(31)19-9-8-18-22(23(19)27)25(30)17-5-3-2-4-16(17)24(18)29/h2-11H,12H2,1H3.